The van der Waals surface area contributed by atoms with Gasteiger partial charge in [0.2, 0.25) is 5.91 Å². The van der Waals surface area contributed by atoms with Gasteiger partial charge in [0.1, 0.15) is 6.54 Å². The fraction of sp³-hybridized carbons (Fsp3) is 0.308. The lowest BCUT2D eigenvalue weighted by molar-refractivity contribution is -0.123. The molecular formula is C13H15N3O4. The first kappa shape index (κ1) is 13.9. The maximum absolute atomic E-state index is 12.0. The zero-order valence-electron chi connectivity index (χ0n) is 11.0. The Morgan fingerprint density at radius 1 is 1.40 bits per heavy atom. The third-order valence-corrected chi connectivity index (χ3v) is 3.05. The molecule has 0 radical (unpaired) electrons. The maximum atomic E-state index is 12.0. The summed E-state index contributed by atoms with van der Waals surface area (Å²) in [5, 5.41) is 14.2. The van der Waals surface area contributed by atoms with Crippen molar-refractivity contribution in [2.45, 2.75) is 6.92 Å². The maximum Gasteiger partial charge on any atom is 0.335 e. The van der Waals surface area contributed by atoms with Gasteiger partial charge in [0, 0.05) is 18.8 Å². The molecule has 3 N–H and O–H groups in total. The quantitative estimate of drug-likeness (QED) is 0.739. The molecule has 7 nitrogen and oxygen atoms in total. The Kier molecular flexibility index (Phi) is 3.88. The van der Waals surface area contributed by atoms with Crippen molar-refractivity contribution in [3.63, 3.8) is 0 Å². The number of carboxylic acids is 1. The molecule has 20 heavy (non-hydrogen) atoms. The van der Waals surface area contributed by atoms with Gasteiger partial charge in [-0.1, -0.05) is 6.07 Å². The van der Waals surface area contributed by atoms with E-state index < -0.39 is 12.0 Å². The van der Waals surface area contributed by atoms with Crippen LogP contribution in [0.1, 0.15) is 15.9 Å². The first-order valence-corrected chi connectivity index (χ1v) is 6.14. The van der Waals surface area contributed by atoms with Crippen molar-refractivity contribution < 1.29 is 19.5 Å². The predicted molar refractivity (Wildman–Crippen MR) is 71.7 cm³/mol. The van der Waals surface area contributed by atoms with Gasteiger partial charge in [-0.05, 0) is 24.6 Å². The minimum Gasteiger partial charge on any atom is -0.478 e. The molecule has 106 valence electrons. The standard InChI is InChI=1S/C13H15N3O4/c1-8-2-3-9(12(18)19)6-10(8)15-13(20)16-5-4-14-11(17)7-16/h2-3,6H,4-5,7H2,1H3,(H,14,17)(H,15,20)(H,18,19). The van der Waals surface area contributed by atoms with Crippen LogP contribution in [0.4, 0.5) is 10.5 Å². The van der Waals surface area contributed by atoms with Crippen LogP contribution >= 0.6 is 0 Å². The number of rotatable bonds is 2. The Bertz CT molecular complexity index is 571. The number of carbonyl (C=O) groups is 3. The van der Waals surface area contributed by atoms with Gasteiger partial charge >= 0.3 is 12.0 Å². The molecule has 1 aromatic carbocycles. The largest absolute Gasteiger partial charge is 0.478 e. The van der Waals surface area contributed by atoms with Crippen LogP contribution in [0, 0.1) is 6.92 Å². The number of aryl methyl sites for hydroxylation is 1. The summed E-state index contributed by atoms with van der Waals surface area (Å²) in [5.41, 5.74) is 1.29. The van der Waals surface area contributed by atoms with Crippen LogP contribution in [-0.2, 0) is 4.79 Å². The number of anilines is 1. The molecule has 1 aliphatic heterocycles. The molecule has 1 saturated heterocycles. The molecule has 0 atom stereocenters. The molecule has 0 saturated carbocycles. The van der Waals surface area contributed by atoms with Gasteiger partial charge in [0.05, 0.1) is 5.56 Å². The topological polar surface area (TPSA) is 98.7 Å². The van der Waals surface area contributed by atoms with E-state index in [1.807, 2.05) is 0 Å². The van der Waals surface area contributed by atoms with Crippen LogP contribution < -0.4 is 10.6 Å². The van der Waals surface area contributed by atoms with E-state index in [1.54, 1.807) is 13.0 Å². The molecule has 0 unspecified atom stereocenters. The number of urea groups is 1. The fourth-order valence-electron chi connectivity index (χ4n) is 1.90. The van der Waals surface area contributed by atoms with Crippen LogP contribution in [-0.4, -0.2) is 47.5 Å². The Balaban J connectivity index is 2.12. The van der Waals surface area contributed by atoms with Crippen LogP contribution in [0.3, 0.4) is 0 Å². The summed E-state index contributed by atoms with van der Waals surface area (Å²) < 4.78 is 0. The van der Waals surface area contributed by atoms with Gasteiger partial charge in [-0.15, -0.1) is 0 Å². The number of amides is 3. The zero-order valence-corrected chi connectivity index (χ0v) is 11.0. The van der Waals surface area contributed by atoms with Crippen LogP contribution in [0.5, 0.6) is 0 Å². The van der Waals surface area contributed by atoms with Gasteiger partial charge in [-0.3, -0.25) is 4.79 Å². The van der Waals surface area contributed by atoms with Crippen molar-refractivity contribution in [1.82, 2.24) is 10.2 Å². The second-order valence-electron chi connectivity index (χ2n) is 4.54. The number of hydrogen-bond donors (Lipinski definition) is 3. The highest BCUT2D eigenvalue weighted by Crippen LogP contribution is 2.17. The molecule has 3 amide bonds. The summed E-state index contributed by atoms with van der Waals surface area (Å²) >= 11 is 0. The molecule has 2 rings (SSSR count). The summed E-state index contributed by atoms with van der Waals surface area (Å²) in [6.07, 6.45) is 0. The highest BCUT2D eigenvalue weighted by Gasteiger charge is 2.21. The number of carbonyl (C=O) groups excluding carboxylic acids is 2. The average molecular weight is 277 g/mol. The lowest BCUT2D eigenvalue weighted by Gasteiger charge is -2.27. The van der Waals surface area contributed by atoms with Gasteiger partial charge in [0.25, 0.3) is 0 Å². The van der Waals surface area contributed by atoms with Crippen LogP contribution in [0.2, 0.25) is 0 Å². The lowest BCUT2D eigenvalue weighted by atomic mass is 10.1. The minimum atomic E-state index is -1.06. The highest BCUT2D eigenvalue weighted by molar-refractivity contribution is 5.95. The van der Waals surface area contributed by atoms with E-state index in [-0.39, 0.29) is 18.0 Å². The summed E-state index contributed by atoms with van der Waals surface area (Å²) in [6.45, 7) is 2.61. The molecule has 1 aromatic rings. The van der Waals surface area contributed by atoms with Crippen molar-refractivity contribution >= 4 is 23.6 Å². The number of piperazine rings is 1. The lowest BCUT2D eigenvalue weighted by Crippen LogP contribution is -2.51. The number of aromatic carboxylic acids is 1. The summed E-state index contributed by atoms with van der Waals surface area (Å²) in [4.78, 5) is 35.6. The monoisotopic (exact) mass is 277 g/mol. The molecular weight excluding hydrogens is 262 g/mol. The van der Waals surface area contributed by atoms with E-state index in [4.69, 9.17) is 5.11 Å². The number of nitrogens with zero attached hydrogens (tertiary/aromatic N) is 1. The zero-order chi connectivity index (χ0) is 14.7. The van der Waals surface area contributed by atoms with Gasteiger partial charge in [-0.2, -0.15) is 0 Å². The van der Waals surface area contributed by atoms with Gasteiger partial charge in [-0.25, -0.2) is 9.59 Å². The first-order valence-electron chi connectivity index (χ1n) is 6.14. The SMILES string of the molecule is Cc1ccc(C(=O)O)cc1NC(=O)N1CCNC(=O)C1. The number of nitrogens with one attached hydrogen (secondary N) is 2. The molecule has 7 heteroatoms. The van der Waals surface area contributed by atoms with Crippen molar-refractivity contribution in [3.05, 3.63) is 29.3 Å². The molecule has 0 aliphatic carbocycles. The number of benzene rings is 1. The van der Waals surface area contributed by atoms with Crippen LogP contribution in [0.25, 0.3) is 0 Å². The summed E-state index contributed by atoms with van der Waals surface area (Å²) in [6, 6.07) is 4.09. The molecule has 0 aromatic heterocycles. The van der Waals surface area contributed by atoms with E-state index in [0.717, 1.165) is 5.56 Å². The fourth-order valence-corrected chi connectivity index (χ4v) is 1.90. The van der Waals surface area contributed by atoms with E-state index >= 15 is 0 Å². The Hall–Kier alpha value is -2.57. The predicted octanol–water partition coefficient (Wildman–Crippen LogP) is 0.657. The van der Waals surface area contributed by atoms with E-state index in [9.17, 15) is 14.4 Å². The van der Waals surface area contributed by atoms with Crippen LogP contribution in [0.15, 0.2) is 18.2 Å². The average Bonchev–Trinajstić information content (AvgIpc) is 2.41. The van der Waals surface area contributed by atoms with E-state index in [1.165, 1.54) is 17.0 Å². The third-order valence-electron chi connectivity index (χ3n) is 3.05. The van der Waals surface area contributed by atoms with Crippen molar-refractivity contribution in [1.29, 1.82) is 0 Å². The minimum absolute atomic E-state index is 0.00347. The van der Waals surface area contributed by atoms with Gasteiger partial charge in [0.15, 0.2) is 0 Å². The Morgan fingerprint density at radius 3 is 2.80 bits per heavy atom. The molecule has 0 spiro atoms. The normalized spacial score (nSPS) is 14.7. The molecule has 1 fully saturated rings. The van der Waals surface area contributed by atoms with Crippen molar-refractivity contribution in [2.75, 3.05) is 25.0 Å². The van der Waals surface area contributed by atoms with Gasteiger partial charge < -0.3 is 20.6 Å². The Morgan fingerprint density at radius 2 is 2.15 bits per heavy atom. The second kappa shape index (κ2) is 5.60. The summed E-state index contributed by atoms with van der Waals surface area (Å²) in [7, 11) is 0. The summed E-state index contributed by atoms with van der Waals surface area (Å²) in [5.74, 6) is -1.26. The number of carboxylic acid groups (broad SMARTS) is 1. The van der Waals surface area contributed by atoms with E-state index in [0.29, 0.717) is 18.8 Å². The molecule has 1 heterocycles. The molecule has 1 aliphatic rings. The van der Waals surface area contributed by atoms with Crippen molar-refractivity contribution in [2.24, 2.45) is 0 Å². The van der Waals surface area contributed by atoms with Crippen molar-refractivity contribution in [3.8, 4) is 0 Å². The number of hydrogen-bond acceptors (Lipinski definition) is 3. The first-order chi connectivity index (χ1) is 9.47. The molecule has 0 bridgehead atoms. The third kappa shape index (κ3) is 3.05. The highest BCUT2D eigenvalue weighted by atomic mass is 16.4. The Labute approximate surface area is 115 Å². The van der Waals surface area contributed by atoms with E-state index in [2.05, 4.69) is 10.6 Å². The second-order valence-corrected chi connectivity index (χ2v) is 4.54. The smallest absolute Gasteiger partial charge is 0.335 e.